The molecule has 0 saturated carbocycles. The van der Waals surface area contributed by atoms with Crippen molar-refractivity contribution in [2.75, 3.05) is 18.5 Å². The van der Waals surface area contributed by atoms with Gasteiger partial charge in [-0.2, -0.15) is 0 Å². The Balaban J connectivity index is 1.56. The van der Waals surface area contributed by atoms with Gasteiger partial charge in [-0.1, -0.05) is 42.5 Å². The van der Waals surface area contributed by atoms with E-state index >= 15 is 0 Å². The Morgan fingerprint density at radius 2 is 1.80 bits per heavy atom. The van der Waals surface area contributed by atoms with Gasteiger partial charge in [0.25, 0.3) is 5.91 Å². The molecule has 4 rings (SSSR count). The number of anilines is 1. The maximum absolute atomic E-state index is 13.4. The third-order valence-corrected chi connectivity index (χ3v) is 6.50. The first-order valence-corrected chi connectivity index (χ1v) is 11.7. The maximum Gasteiger partial charge on any atom is 0.341 e. The highest BCUT2D eigenvalue weighted by Crippen LogP contribution is 2.36. The second-order valence-electron chi connectivity index (χ2n) is 7.94. The van der Waals surface area contributed by atoms with Gasteiger partial charge in [0.1, 0.15) is 28.5 Å². The molecule has 1 saturated heterocycles. The number of hydrogen-bond acceptors (Lipinski definition) is 6. The molecule has 1 atom stereocenters. The number of benzene rings is 2. The van der Waals surface area contributed by atoms with Crippen LogP contribution in [0, 0.1) is 5.82 Å². The fraction of sp³-hybridized carbons (Fsp3) is 0.200. The number of nitrogens with one attached hydrogen (secondary N) is 2. The van der Waals surface area contributed by atoms with Crippen LogP contribution in [-0.4, -0.2) is 41.9 Å². The molecule has 1 aromatic heterocycles. The smallest absolute Gasteiger partial charge is 0.341 e. The molecule has 0 aliphatic carbocycles. The predicted octanol–water partition coefficient (Wildman–Crippen LogP) is 4.14. The van der Waals surface area contributed by atoms with Crippen molar-refractivity contribution in [3.05, 3.63) is 76.9 Å². The Morgan fingerprint density at radius 3 is 2.46 bits per heavy atom. The zero-order valence-corrected chi connectivity index (χ0v) is 19.8. The molecule has 1 aliphatic rings. The largest absolute Gasteiger partial charge is 0.462 e. The molecule has 3 aromatic rings. The zero-order chi connectivity index (χ0) is 25.2. The number of thiophene rings is 1. The van der Waals surface area contributed by atoms with Crippen molar-refractivity contribution in [2.24, 2.45) is 0 Å². The lowest BCUT2D eigenvalue weighted by Crippen LogP contribution is -2.42. The fourth-order valence-electron chi connectivity index (χ4n) is 3.82. The number of nitrogens with zero attached hydrogens (tertiary/aromatic N) is 1. The van der Waals surface area contributed by atoms with Gasteiger partial charge in [0.15, 0.2) is 0 Å². The van der Waals surface area contributed by atoms with Crippen LogP contribution < -0.4 is 10.6 Å². The summed E-state index contributed by atoms with van der Waals surface area (Å²) in [6.07, 6.45) is 0. The van der Waals surface area contributed by atoms with Crippen LogP contribution >= 0.6 is 11.3 Å². The normalized spacial score (nSPS) is 17.3. The Morgan fingerprint density at radius 1 is 1.11 bits per heavy atom. The highest BCUT2D eigenvalue weighted by Gasteiger charge is 2.49. The first-order chi connectivity index (χ1) is 16.7. The van der Waals surface area contributed by atoms with E-state index in [1.807, 2.05) is 0 Å². The first kappa shape index (κ1) is 24.1. The molecule has 0 bridgehead atoms. The summed E-state index contributed by atoms with van der Waals surface area (Å²) in [6, 6.07) is 13.6. The fourth-order valence-corrected chi connectivity index (χ4v) is 4.79. The molecule has 1 aliphatic heterocycles. The molecular weight excluding hydrogens is 473 g/mol. The summed E-state index contributed by atoms with van der Waals surface area (Å²) in [5.74, 6) is -2.31. The molecule has 1 unspecified atom stereocenters. The highest BCUT2D eigenvalue weighted by atomic mass is 32.1. The summed E-state index contributed by atoms with van der Waals surface area (Å²) in [6.45, 7) is 2.81. The molecule has 2 N–H and O–H groups in total. The Hall–Kier alpha value is -4.05. The molecule has 8 nitrogen and oxygen atoms in total. The Bertz CT molecular complexity index is 1290. The van der Waals surface area contributed by atoms with E-state index in [1.54, 1.807) is 49.6 Å². The summed E-state index contributed by atoms with van der Waals surface area (Å²) < 4.78 is 18.5. The summed E-state index contributed by atoms with van der Waals surface area (Å²) >= 11 is 1.08. The summed E-state index contributed by atoms with van der Waals surface area (Å²) in [5, 5.41) is 7.11. The zero-order valence-electron chi connectivity index (χ0n) is 19.0. The van der Waals surface area contributed by atoms with Gasteiger partial charge in [-0.05, 0) is 37.1 Å². The van der Waals surface area contributed by atoms with Gasteiger partial charge in [0.2, 0.25) is 5.91 Å². The van der Waals surface area contributed by atoms with E-state index in [0.717, 1.165) is 16.2 Å². The van der Waals surface area contributed by atoms with Crippen LogP contribution in [0.3, 0.4) is 0 Å². The molecule has 35 heavy (non-hydrogen) atoms. The quantitative estimate of drug-likeness (QED) is 0.379. The lowest BCUT2D eigenvalue weighted by atomic mass is 9.92. The molecule has 180 valence electrons. The van der Waals surface area contributed by atoms with Crippen LogP contribution in [0.1, 0.15) is 29.8 Å². The number of urea groups is 1. The third-order valence-electron chi connectivity index (χ3n) is 5.61. The van der Waals surface area contributed by atoms with E-state index in [1.165, 1.54) is 24.3 Å². The van der Waals surface area contributed by atoms with Crippen LogP contribution in [0.5, 0.6) is 0 Å². The molecule has 0 radical (unpaired) electrons. The van der Waals surface area contributed by atoms with Crippen molar-refractivity contribution in [3.8, 4) is 11.1 Å². The molecule has 10 heteroatoms. The molecular formula is C25H22FN3O5S. The standard InChI is InChI=1S/C25H22FN3O5S/c1-3-34-22(31)20-18(15-9-11-17(26)12-10-15)14-35-21(20)27-19(30)13-29-23(32)25(2,28-24(29)33)16-7-5-4-6-8-16/h4-12,14H,3,13H2,1-2H3,(H,27,30)(H,28,33). The molecule has 2 heterocycles. The lowest BCUT2D eigenvalue weighted by Gasteiger charge is -2.22. The van der Waals surface area contributed by atoms with Gasteiger partial charge in [-0.25, -0.2) is 14.0 Å². The van der Waals surface area contributed by atoms with Gasteiger partial charge >= 0.3 is 12.0 Å². The van der Waals surface area contributed by atoms with Crippen LogP contribution in [-0.2, 0) is 19.9 Å². The van der Waals surface area contributed by atoms with E-state index in [4.69, 9.17) is 4.74 Å². The number of imide groups is 1. The van der Waals surface area contributed by atoms with Gasteiger partial charge in [-0.15, -0.1) is 11.3 Å². The second kappa shape index (κ2) is 9.67. The van der Waals surface area contributed by atoms with E-state index in [9.17, 15) is 23.6 Å². The average molecular weight is 496 g/mol. The number of ether oxygens (including phenoxy) is 1. The number of halogens is 1. The van der Waals surface area contributed by atoms with Crippen LogP contribution in [0.25, 0.3) is 11.1 Å². The van der Waals surface area contributed by atoms with E-state index in [-0.39, 0.29) is 17.2 Å². The third kappa shape index (κ3) is 4.65. The molecule has 4 amide bonds. The minimum Gasteiger partial charge on any atom is -0.462 e. The van der Waals surface area contributed by atoms with E-state index < -0.39 is 41.7 Å². The minimum absolute atomic E-state index is 0.114. The van der Waals surface area contributed by atoms with E-state index in [0.29, 0.717) is 16.7 Å². The topological polar surface area (TPSA) is 105 Å². The first-order valence-electron chi connectivity index (χ1n) is 10.8. The molecule has 0 spiro atoms. The van der Waals surface area contributed by atoms with Gasteiger partial charge < -0.3 is 15.4 Å². The van der Waals surface area contributed by atoms with E-state index in [2.05, 4.69) is 10.6 Å². The van der Waals surface area contributed by atoms with Gasteiger partial charge in [-0.3, -0.25) is 14.5 Å². The van der Waals surface area contributed by atoms with Crippen molar-refractivity contribution >= 4 is 40.2 Å². The summed E-state index contributed by atoms with van der Waals surface area (Å²) in [4.78, 5) is 52.0. The van der Waals surface area contributed by atoms with Crippen molar-refractivity contribution < 1.29 is 28.3 Å². The summed E-state index contributed by atoms with van der Waals surface area (Å²) in [7, 11) is 0. The number of hydrogen-bond donors (Lipinski definition) is 2. The monoisotopic (exact) mass is 495 g/mol. The number of rotatable bonds is 7. The Kier molecular flexibility index (Phi) is 6.65. The Labute approximate surface area is 204 Å². The number of amides is 4. The maximum atomic E-state index is 13.4. The number of carbonyl (C=O) groups excluding carboxylic acids is 4. The second-order valence-corrected chi connectivity index (χ2v) is 8.82. The molecule has 1 fully saturated rings. The van der Waals surface area contributed by atoms with Crippen molar-refractivity contribution in [1.82, 2.24) is 10.2 Å². The number of esters is 1. The van der Waals surface area contributed by atoms with Crippen molar-refractivity contribution in [3.63, 3.8) is 0 Å². The SMILES string of the molecule is CCOC(=O)c1c(-c2ccc(F)cc2)csc1NC(=O)CN1C(=O)NC(C)(c2ccccc2)C1=O. The minimum atomic E-state index is -1.30. The average Bonchev–Trinajstić information content (AvgIpc) is 3.35. The number of carbonyl (C=O) groups is 4. The van der Waals surface area contributed by atoms with Gasteiger partial charge in [0, 0.05) is 10.9 Å². The van der Waals surface area contributed by atoms with Gasteiger partial charge in [0.05, 0.1) is 6.61 Å². The van der Waals surface area contributed by atoms with Crippen LogP contribution in [0.15, 0.2) is 60.0 Å². The van der Waals surface area contributed by atoms with Crippen LogP contribution in [0.2, 0.25) is 0 Å². The van der Waals surface area contributed by atoms with Crippen LogP contribution in [0.4, 0.5) is 14.2 Å². The predicted molar refractivity (Wildman–Crippen MR) is 128 cm³/mol. The molecule has 2 aromatic carbocycles. The van der Waals surface area contributed by atoms with Crippen molar-refractivity contribution in [2.45, 2.75) is 19.4 Å². The highest BCUT2D eigenvalue weighted by molar-refractivity contribution is 7.15. The summed E-state index contributed by atoms with van der Waals surface area (Å²) in [5.41, 5.74) is 0.443. The van der Waals surface area contributed by atoms with Crippen molar-refractivity contribution in [1.29, 1.82) is 0 Å². The lowest BCUT2D eigenvalue weighted by molar-refractivity contribution is -0.133.